The molecule has 0 spiro atoms. The van der Waals surface area contributed by atoms with Crippen molar-refractivity contribution in [2.75, 3.05) is 6.61 Å². The fraction of sp³-hybridized carbons (Fsp3) is 0.812. The molecule has 4 heteroatoms. The summed E-state index contributed by atoms with van der Waals surface area (Å²) in [7, 11) is 0. The van der Waals surface area contributed by atoms with Crippen LogP contribution in [0.2, 0.25) is 0 Å². The van der Waals surface area contributed by atoms with Crippen molar-refractivity contribution in [2.45, 2.75) is 51.7 Å². The van der Waals surface area contributed by atoms with Gasteiger partial charge in [-0.15, -0.1) is 0 Å². The van der Waals surface area contributed by atoms with Crippen LogP contribution in [0.3, 0.4) is 0 Å². The SMILES string of the molecule is C[C@@H]1CC[C@@H]2[C@H](C=C[C@](C)(O)[C@@]2(C)C(=O)CCO)[C@@H]1O. The minimum absolute atomic E-state index is 0.0510. The molecule has 1 fully saturated rings. The standard InChI is InChI=1S/C16H26O4/c1-10-4-5-12-11(14(10)19)6-8-15(2,20)16(12,3)13(18)7-9-17/h6,8,10-12,14,17,19-20H,4-5,7,9H2,1-3H3/t10-,11+,12-,14-,15+,16-/m1/s1. The van der Waals surface area contributed by atoms with Gasteiger partial charge in [-0.1, -0.05) is 19.1 Å². The van der Waals surface area contributed by atoms with Crippen LogP contribution in [-0.2, 0) is 4.79 Å². The second kappa shape index (κ2) is 5.24. The lowest BCUT2D eigenvalue weighted by molar-refractivity contribution is -0.159. The van der Waals surface area contributed by atoms with Crippen molar-refractivity contribution in [1.29, 1.82) is 0 Å². The number of aliphatic hydroxyl groups excluding tert-OH is 2. The highest BCUT2D eigenvalue weighted by atomic mass is 16.3. The van der Waals surface area contributed by atoms with Gasteiger partial charge in [0, 0.05) is 18.9 Å². The highest BCUT2D eigenvalue weighted by molar-refractivity contribution is 5.87. The summed E-state index contributed by atoms with van der Waals surface area (Å²) < 4.78 is 0. The van der Waals surface area contributed by atoms with Crippen LogP contribution in [0.5, 0.6) is 0 Å². The Morgan fingerprint density at radius 3 is 2.60 bits per heavy atom. The lowest BCUT2D eigenvalue weighted by Gasteiger charge is -2.54. The molecule has 0 aliphatic heterocycles. The van der Waals surface area contributed by atoms with Crippen LogP contribution in [0.25, 0.3) is 0 Å². The second-order valence-corrected chi connectivity index (χ2v) is 6.83. The molecular formula is C16H26O4. The van der Waals surface area contributed by atoms with Gasteiger partial charge in [-0.05, 0) is 38.5 Å². The van der Waals surface area contributed by atoms with E-state index in [2.05, 4.69) is 0 Å². The van der Waals surface area contributed by atoms with E-state index in [4.69, 9.17) is 5.11 Å². The first-order chi connectivity index (χ1) is 9.25. The third-order valence-corrected chi connectivity index (χ3v) is 5.73. The summed E-state index contributed by atoms with van der Waals surface area (Å²) in [5.74, 6) is -0.0772. The molecular weight excluding hydrogens is 256 g/mol. The average Bonchev–Trinajstić information content (AvgIpc) is 2.38. The molecule has 0 aromatic carbocycles. The maximum atomic E-state index is 12.5. The Bertz CT molecular complexity index is 415. The first-order valence-electron chi connectivity index (χ1n) is 7.49. The van der Waals surface area contributed by atoms with Crippen LogP contribution < -0.4 is 0 Å². The Balaban J connectivity index is 2.43. The smallest absolute Gasteiger partial charge is 0.144 e. The van der Waals surface area contributed by atoms with Crippen LogP contribution in [-0.4, -0.2) is 39.4 Å². The van der Waals surface area contributed by atoms with Crippen LogP contribution in [0.4, 0.5) is 0 Å². The summed E-state index contributed by atoms with van der Waals surface area (Å²) in [6, 6.07) is 0. The number of ketones is 1. The Kier molecular flexibility index (Phi) is 4.11. The number of carbonyl (C=O) groups excluding carboxylic acids is 1. The third-order valence-electron chi connectivity index (χ3n) is 5.73. The lowest BCUT2D eigenvalue weighted by atomic mass is 9.51. The van der Waals surface area contributed by atoms with Crippen molar-refractivity contribution < 1.29 is 20.1 Å². The van der Waals surface area contributed by atoms with Crippen molar-refractivity contribution in [3.05, 3.63) is 12.2 Å². The van der Waals surface area contributed by atoms with Gasteiger partial charge in [0.25, 0.3) is 0 Å². The van der Waals surface area contributed by atoms with E-state index in [0.29, 0.717) is 0 Å². The number of hydrogen-bond donors (Lipinski definition) is 3. The van der Waals surface area contributed by atoms with Crippen molar-refractivity contribution in [2.24, 2.45) is 23.2 Å². The summed E-state index contributed by atoms with van der Waals surface area (Å²) in [4.78, 5) is 12.5. The zero-order valence-electron chi connectivity index (χ0n) is 12.5. The number of aliphatic hydroxyl groups is 3. The van der Waals surface area contributed by atoms with E-state index in [1.54, 1.807) is 19.9 Å². The Morgan fingerprint density at radius 1 is 1.35 bits per heavy atom. The molecule has 0 amide bonds. The Labute approximate surface area is 120 Å². The van der Waals surface area contributed by atoms with E-state index >= 15 is 0 Å². The van der Waals surface area contributed by atoms with Crippen molar-refractivity contribution in [3.63, 3.8) is 0 Å². The summed E-state index contributed by atoms with van der Waals surface area (Å²) in [5, 5.41) is 30.2. The van der Waals surface area contributed by atoms with Crippen LogP contribution in [0.15, 0.2) is 12.2 Å². The first kappa shape index (κ1) is 15.7. The quantitative estimate of drug-likeness (QED) is 0.682. The Morgan fingerprint density at radius 2 is 2.00 bits per heavy atom. The zero-order chi connectivity index (χ0) is 15.1. The van der Waals surface area contributed by atoms with Crippen LogP contribution in [0.1, 0.15) is 40.0 Å². The molecule has 0 saturated heterocycles. The van der Waals surface area contributed by atoms with Crippen LogP contribution in [0, 0.1) is 23.2 Å². The van der Waals surface area contributed by atoms with E-state index in [1.165, 1.54) is 0 Å². The van der Waals surface area contributed by atoms with Gasteiger partial charge >= 0.3 is 0 Å². The number of rotatable bonds is 3. The fourth-order valence-electron chi connectivity index (χ4n) is 4.04. The monoisotopic (exact) mass is 282 g/mol. The molecule has 3 N–H and O–H groups in total. The molecule has 0 aromatic heterocycles. The molecule has 2 rings (SSSR count). The molecule has 1 saturated carbocycles. The molecule has 0 unspecified atom stereocenters. The van der Waals surface area contributed by atoms with Gasteiger partial charge in [-0.3, -0.25) is 4.79 Å². The minimum Gasteiger partial charge on any atom is -0.396 e. The van der Waals surface area contributed by atoms with E-state index < -0.39 is 17.1 Å². The van der Waals surface area contributed by atoms with Gasteiger partial charge in [-0.2, -0.15) is 0 Å². The van der Waals surface area contributed by atoms with E-state index in [9.17, 15) is 15.0 Å². The van der Waals surface area contributed by atoms with Crippen LogP contribution >= 0.6 is 0 Å². The highest BCUT2D eigenvalue weighted by Crippen LogP contribution is 2.54. The molecule has 0 heterocycles. The fourth-order valence-corrected chi connectivity index (χ4v) is 4.04. The molecule has 4 nitrogen and oxygen atoms in total. The van der Waals surface area contributed by atoms with E-state index in [1.807, 2.05) is 13.0 Å². The van der Waals surface area contributed by atoms with Gasteiger partial charge in [-0.25, -0.2) is 0 Å². The number of fused-ring (bicyclic) bond motifs is 1. The summed E-state index contributed by atoms with van der Waals surface area (Å²) >= 11 is 0. The molecule has 6 atom stereocenters. The van der Waals surface area contributed by atoms with Gasteiger partial charge < -0.3 is 15.3 Å². The molecule has 2 aliphatic carbocycles. The van der Waals surface area contributed by atoms with E-state index in [0.717, 1.165) is 12.8 Å². The predicted molar refractivity (Wildman–Crippen MR) is 76.0 cm³/mol. The van der Waals surface area contributed by atoms with Gasteiger partial charge in [0.15, 0.2) is 0 Å². The van der Waals surface area contributed by atoms with Gasteiger partial charge in [0.1, 0.15) is 5.78 Å². The maximum absolute atomic E-state index is 12.5. The average molecular weight is 282 g/mol. The molecule has 0 bridgehead atoms. The molecule has 0 radical (unpaired) electrons. The molecule has 114 valence electrons. The number of Topliss-reactive ketones (excluding diaryl/α,β-unsaturated/α-hetero) is 1. The molecule has 0 aromatic rings. The molecule has 2 aliphatic rings. The maximum Gasteiger partial charge on any atom is 0.144 e. The number of carbonyl (C=O) groups is 1. The predicted octanol–water partition coefficient (Wildman–Crippen LogP) is 1.29. The van der Waals surface area contributed by atoms with Gasteiger partial charge in [0.2, 0.25) is 0 Å². The topological polar surface area (TPSA) is 77.8 Å². The third kappa shape index (κ3) is 2.14. The Hall–Kier alpha value is -0.710. The second-order valence-electron chi connectivity index (χ2n) is 6.83. The normalized spacial score (nSPS) is 47.9. The largest absolute Gasteiger partial charge is 0.396 e. The lowest BCUT2D eigenvalue weighted by Crippen LogP contribution is -2.60. The summed E-state index contributed by atoms with van der Waals surface area (Å²) in [5.41, 5.74) is -2.18. The van der Waals surface area contributed by atoms with Gasteiger partial charge in [0.05, 0.1) is 17.1 Å². The summed E-state index contributed by atoms with van der Waals surface area (Å²) in [6.07, 6.45) is 4.78. The summed E-state index contributed by atoms with van der Waals surface area (Å²) in [6.45, 7) is 5.26. The zero-order valence-corrected chi connectivity index (χ0v) is 12.5. The first-order valence-corrected chi connectivity index (χ1v) is 7.49. The van der Waals surface area contributed by atoms with Crippen molar-refractivity contribution in [3.8, 4) is 0 Å². The highest BCUT2D eigenvalue weighted by Gasteiger charge is 2.58. The minimum atomic E-state index is -1.24. The number of hydrogen-bond acceptors (Lipinski definition) is 4. The van der Waals surface area contributed by atoms with E-state index in [-0.39, 0.29) is 36.6 Å². The van der Waals surface area contributed by atoms with Crippen molar-refractivity contribution in [1.82, 2.24) is 0 Å². The van der Waals surface area contributed by atoms with Crippen molar-refractivity contribution >= 4 is 5.78 Å². The molecule has 20 heavy (non-hydrogen) atoms.